The lowest BCUT2D eigenvalue weighted by atomic mass is 10.2. The van der Waals surface area contributed by atoms with Crippen LogP contribution in [0.3, 0.4) is 0 Å². The average molecular weight is 357 g/mol. The number of alkyl halides is 1. The van der Waals surface area contributed by atoms with E-state index in [4.69, 9.17) is 34.8 Å². The molecule has 0 amide bonds. The third-order valence-electron chi connectivity index (χ3n) is 3.43. The molecule has 1 aliphatic heterocycles. The van der Waals surface area contributed by atoms with Crippen LogP contribution in [0.15, 0.2) is 17.0 Å². The Morgan fingerprint density at radius 3 is 2.15 bits per heavy atom. The van der Waals surface area contributed by atoms with Crippen molar-refractivity contribution in [2.75, 3.05) is 13.1 Å². The van der Waals surface area contributed by atoms with Gasteiger partial charge in [-0.1, -0.05) is 36.0 Å². The highest BCUT2D eigenvalue weighted by Crippen LogP contribution is 2.32. The van der Waals surface area contributed by atoms with Crippen LogP contribution in [-0.4, -0.2) is 25.8 Å². The first-order chi connectivity index (χ1) is 9.46. The maximum absolute atomic E-state index is 12.7. The van der Waals surface area contributed by atoms with Crippen molar-refractivity contribution in [3.05, 3.63) is 27.7 Å². The molecule has 1 aromatic rings. The molecule has 0 atom stereocenters. The third-order valence-corrected chi connectivity index (χ3v) is 6.43. The molecule has 7 heteroatoms. The second-order valence-electron chi connectivity index (χ2n) is 4.83. The molecule has 20 heavy (non-hydrogen) atoms. The van der Waals surface area contributed by atoms with Crippen molar-refractivity contribution >= 4 is 44.8 Å². The molecule has 2 rings (SSSR count). The highest BCUT2D eigenvalue weighted by atomic mass is 35.5. The van der Waals surface area contributed by atoms with Crippen LogP contribution in [0, 0.1) is 0 Å². The van der Waals surface area contributed by atoms with Gasteiger partial charge in [0.25, 0.3) is 0 Å². The Bertz CT molecular complexity index is 582. The number of benzene rings is 1. The summed E-state index contributed by atoms with van der Waals surface area (Å²) in [6.07, 6.45) is 3.89. The summed E-state index contributed by atoms with van der Waals surface area (Å²) in [5.74, 6) is 0.151. The fourth-order valence-electron chi connectivity index (χ4n) is 2.29. The molecular formula is C13H16Cl3NO2S. The van der Waals surface area contributed by atoms with Crippen molar-refractivity contribution in [2.45, 2.75) is 36.5 Å². The molecule has 1 heterocycles. The topological polar surface area (TPSA) is 37.4 Å². The average Bonchev–Trinajstić information content (AvgIpc) is 2.67. The molecular weight excluding hydrogens is 341 g/mol. The third kappa shape index (κ3) is 3.42. The van der Waals surface area contributed by atoms with Gasteiger partial charge in [-0.05, 0) is 30.5 Å². The highest BCUT2D eigenvalue weighted by Gasteiger charge is 2.28. The molecule has 112 valence electrons. The molecule has 0 spiro atoms. The van der Waals surface area contributed by atoms with Crippen LogP contribution in [0.1, 0.15) is 31.2 Å². The Labute approximate surface area is 134 Å². The Hall–Kier alpha value is -0.000000000000000132. The van der Waals surface area contributed by atoms with Crippen molar-refractivity contribution in [1.82, 2.24) is 4.31 Å². The zero-order valence-electron chi connectivity index (χ0n) is 10.9. The zero-order valence-corrected chi connectivity index (χ0v) is 14.0. The summed E-state index contributed by atoms with van der Waals surface area (Å²) in [6, 6.07) is 2.93. The minimum atomic E-state index is -3.58. The standard InChI is InChI=1S/C13H16Cl3NO2S/c14-9-10-7-13(12(16)8-11(10)15)20(18,19)17-5-3-1-2-4-6-17/h7-8H,1-6,9H2. The van der Waals surface area contributed by atoms with Gasteiger partial charge in [-0.2, -0.15) is 4.31 Å². The minimum absolute atomic E-state index is 0.0983. The monoisotopic (exact) mass is 355 g/mol. The summed E-state index contributed by atoms with van der Waals surface area (Å²) >= 11 is 17.8. The molecule has 1 aromatic carbocycles. The molecule has 0 aliphatic carbocycles. The maximum atomic E-state index is 12.7. The molecule has 0 aromatic heterocycles. The van der Waals surface area contributed by atoms with Gasteiger partial charge in [0.1, 0.15) is 4.90 Å². The smallest absolute Gasteiger partial charge is 0.207 e. The summed E-state index contributed by atoms with van der Waals surface area (Å²) < 4.78 is 26.9. The largest absolute Gasteiger partial charge is 0.244 e. The summed E-state index contributed by atoms with van der Waals surface area (Å²) in [6.45, 7) is 1.08. The van der Waals surface area contributed by atoms with Gasteiger partial charge >= 0.3 is 0 Å². The van der Waals surface area contributed by atoms with Gasteiger partial charge in [0.15, 0.2) is 0 Å². The second kappa shape index (κ2) is 6.84. The van der Waals surface area contributed by atoms with Crippen LogP contribution in [0.4, 0.5) is 0 Å². The quantitative estimate of drug-likeness (QED) is 0.757. The highest BCUT2D eigenvalue weighted by molar-refractivity contribution is 7.89. The SMILES string of the molecule is O=S(=O)(c1cc(CCl)c(Cl)cc1Cl)N1CCCCCC1. The molecule has 0 bridgehead atoms. The van der Waals surface area contributed by atoms with Crippen LogP contribution in [0.2, 0.25) is 10.0 Å². The summed E-state index contributed by atoms with van der Waals surface area (Å²) in [7, 11) is -3.58. The number of rotatable bonds is 3. The predicted molar refractivity (Wildman–Crippen MR) is 83.2 cm³/mol. The van der Waals surface area contributed by atoms with Gasteiger partial charge < -0.3 is 0 Å². The van der Waals surface area contributed by atoms with E-state index >= 15 is 0 Å². The van der Waals surface area contributed by atoms with Crippen molar-refractivity contribution < 1.29 is 8.42 Å². The van der Waals surface area contributed by atoms with E-state index in [1.54, 1.807) is 0 Å². The van der Waals surface area contributed by atoms with E-state index < -0.39 is 10.0 Å². The van der Waals surface area contributed by atoms with Crippen molar-refractivity contribution in [1.29, 1.82) is 0 Å². The lowest BCUT2D eigenvalue weighted by molar-refractivity contribution is 0.423. The van der Waals surface area contributed by atoms with Crippen LogP contribution >= 0.6 is 34.8 Å². The molecule has 0 radical (unpaired) electrons. The molecule has 0 saturated carbocycles. The minimum Gasteiger partial charge on any atom is -0.207 e. The van der Waals surface area contributed by atoms with E-state index in [2.05, 4.69) is 0 Å². The first-order valence-corrected chi connectivity index (χ1v) is 9.24. The lowest BCUT2D eigenvalue weighted by Crippen LogP contribution is -2.32. The molecule has 1 saturated heterocycles. The van der Waals surface area contributed by atoms with Gasteiger partial charge in [0.05, 0.1) is 5.02 Å². The molecule has 3 nitrogen and oxygen atoms in total. The second-order valence-corrected chi connectivity index (χ2v) is 7.81. The lowest BCUT2D eigenvalue weighted by Gasteiger charge is -2.21. The van der Waals surface area contributed by atoms with E-state index in [0.717, 1.165) is 25.7 Å². The Morgan fingerprint density at radius 2 is 1.60 bits per heavy atom. The Kier molecular flexibility index (Phi) is 5.60. The van der Waals surface area contributed by atoms with E-state index in [1.165, 1.54) is 16.4 Å². The Balaban J connectivity index is 2.42. The van der Waals surface area contributed by atoms with Gasteiger partial charge in [0, 0.05) is 24.0 Å². The number of halogens is 3. The first-order valence-electron chi connectivity index (χ1n) is 6.51. The molecule has 0 N–H and O–H groups in total. The number of sulfonamides is 1. The van der Waals surface area contributed by atoms with Crippen molar-refractivity contribution in [2.24, 2.45) is 0 Å². The van der Waals surface area contributed by atoms with Crippen LogP contribution in [0.5, 0.6) is 0 Å². The molecule has 1 fully saturated rings. The zero-order chi connectivity index (χ0) is 14.8. The number of hydrogen-bond acceptors (Lipinski definition) is 2. The molecule has 1 aliphatic rings. The maximum Gasteiger partial charge on any atom is 0.244 e. The van der Waals surface area contributed by atoms with Gasteiger partial charge in [0.2, 0.25) is 10.0 Å². The summed E-state index contributed by atoms with van der Waals surface area (Å²) in [4.78, 5) is 0.0983. The van der Waals surface area contributed by atoms with Gasteiger partial charge in [-0.15, -0.1) is 11.6 Å². The Morgan fingerprint density at radius 1 is 1.00 bits per heavy atom. The fraction of sp³-hybridized carbons (Fsp3) is 0.538. The normalized spacial score (nSPS) is 17.9. The van der Waals surface area contributed by atoms with Crippen LogP contribution < -0.4 is 0 Å². The van der Waals surface area contributed by atoms with Gasteiger partial charge in [-0.3, -0.25) is 0 Å². The summed E-state index contributed by atoms with van der Waals surface area (Å²) in [5.41, 5.74) is 0.575. The van der Waals surface area contributed by atoms with Crippen molar-refractivity contribution in [3.8, 4) is 0 Å². The predicted octanol–water partition coefficient (Wildman–Crippen LogP) is 4.30. The van der Waals surface area contributed by atoms with Crippen LogP contribution in [-0.2, 0) is 15.9 Å². The number of hydrogen-bond donors (Lipinski definition) is 0. The van der Waals surface area contributed by atoms with E-state index in [0.29, 0.717) is 23.7 Å². The first kappa shape index (κ1) is 16.4. The van der Waals surface area contributed by atoms with Gasteiger partial charge in [-0.25, -0.2) is 8.42 Å². The van der Waals surface area contributed by atoms with Crippen molar-refractivity contribution in [3.63, 3.8) is 0 Å². The van der Waals surface area contributed by atoms with E-state index in [9.17, 15) is 8.42 Å². The summed E-state index contributed by atoms with van der Waals surface area (Å²) in [5, 5.41) is 0.535. The van der Waals surface area contributed by atoms with E-state index in [-0.39, 0.29) is 15.8 Å². The molecule has 0 unspecified atom stereocenters. The van der Waals surface area contributed by atoms with E-state index in [1.807, 2.05) is 0 Å². The number of nitrogens with zero attached hydrogens (tertiary/aromatic N) is 1. The van der Waals surface area contributed by atoms with Crippen LogP contribution in [0.25, 0.3) is 0 Å². The fourth-order valence-corrected chi connectivity index (χ4v) is 4.94.